The minimum atomic E-state index is -3.72. The van der Waals surface area contributed by atoms with Gasteiger partial charge in [-0.05, 0) is 26.0 Å². The molecule has 0 atom stereocenters. The van der Waals surface area contributed by atoms with E-state index in [1.165, 1.54) is 33.1 Å². The van der Waals surface area contributed by atoms with Crippen molar-refractivity contribution in [2.24, 2.45) is 0 Å². The van der Waals surface area contributed by atoms with E-state index in [9.17, 15) is 13.2 Å². The van der Waals surface area contributed by atoms with Crippen LogP contribution in [0.25, 0.3) is 0 Å². The first-order valence-electron chi connectivity index (χ1n) is 4.72. The molecule has 0 unspecified atom stereocenters. The third-order valence-corrected chi connectivity index (χ3v) is 4.81. The quantitative estimate of drug-likeness (QED) is 0.752. The van der Waals surface area contributed by atoms with Gasteiger partial charge in [-0.2, -0.15) is 0 Å². The molecule has 0 aliphatic heterocycles. The Morgan fingerprint density at radius 2 is 1.69 bits per heavy atom. The fraction of sp³-hybridized carbons (Fsp3) is 0.364. The van der Waals surface area contributed by atoms with Gasteiger partial charge in [0.05, 0.1) is 12.0 Å². The van der Waals surface area contributed by atoms with Gasteiger partial charge in [0, 0.05) is 0 Å². The van der Waals surface area contributed by atoms with Gasteiger partial charge in [0.2, 0.25) is 0 Å². The highest BCUT2D eigenvalue weighted by atomic mass is 32.2. The summed E-state index contributed by atoms with van der Waals surface area (Å²) in [6, 6.07) is 7.85. The fourth-order valence-electron chi connectivity index (χ4n) is 1.25. The third kappa shape index (κ3) is 1.95. The van der Waals surface area contributed by atoms with Crippen LogP contribution < -0.4 is 0 Å². The number of hydrogen-bond acceptors (Lipinski definition) is 4. The summed E-state index contributed by atoms with van der Waals surface area (Å²) in [7, 11) is -2.55. The topological polar surface area (TPSA) is 60.4 Å². The first-order valence-corrected chi connectivity index (χ1v) is 6.20. The lowest BCUT2D eigenvalue weighted by molar-refractivity contribution is -0.142. The van der Waals surface area contributed by atoms with E-state index in [1.807, 2.05) is 0 Å². The summed E-state index contributed by atoms with van der Waals surface area (Å²) in [5.41, 5.74) is 0. The second kappa shape index (κ2) is 4.25. The molecular formula is C11H14O4S. The van der Waals surface area contributed by atoms with Crippen LogP contribution >= 0.6 is 0 Å². The van der Waals surface area contributed by atoms with Gasteiger partial charge in [0.25, 0.3) is 0 Å². The molecule has 0 aromatic heterocycles. The number of ether oxygens (including phenoxy) is 1. The first-order chi connectivity index (χ1) is 7.34. The summed E-state index contributed by atoms with van der Waals surface area (Å²) in [6.45, 7) is 2.67. The average molecular weight is 242 g/mol. The van der Waals surface area contributed by atoms with E-state index in [2.05, 4.69) is 4.74 Å². The highest BCUT2D eigenvalue weighted by Crippen LogP contribution is 2.26. The van der Waals surface area contributed by atoms with Crippen molar-refractivity contribution in [3.05, 3.63) is 30.3 Å². The van der Waals surface area contributed by atoms with E-state index in [-0.39, 0.29) is 4.90 Å². The number of esters is 1. The highest BCUT2D eigenvalue weighted by molar-refractivity contribution is 7.93. The molecule has 0 fully saturated rings. The van der Waals surface area contributed by atoms with E-state index >= 15 is 0 Å². The number of carbonyl (C=O) groups excluding carboxylic acids is 1. The van der Waals surface area contributed by atoms with Crippen LogP contribution in [0, 0.1) is 0 Å². The Morgan fingerprint density at radius 1 is 1.19 bits per heavy atom. The smallest absolute Gasteiger partial charge is 0.327 e. The van der Waals surface area contributed by atoms with Crippen LogP contribution in [-0.2, 0) is 19.4 Å². The number of methoxy groups -OCH3 is 1. The highest BCUT2D eigenvalue weighted by Gasteiger charge is 2.43. The lowest BCUT2D eigenvalue weighted by Gasteiger charge is -2.21. The van der Waals surface area contributed by atoms with E-state index < -0.39 is 20.6 Å². The second-order valence-corrected chi connectivity index (χ2v) is 6.32. The average Bonchev–Trinajstić information content (AvgIpc) is 2.28. The van der Waals surface area contributed by atoms with Crippen LogP contribution in [0.15, 0.2) is 35.2 Å². The Morgan fingerprint density at radius 3 is 2.12 bits per heavy atom. The monoisotopic (exact) mass is 242 g/mol. The summed E-state index contributed by atoms with van der Waals surface area (Å²) < 4.78 is 27.2. The van der Waals surface area contributed by atoms with Crippen LogP contribution in [-0.4, -0.2) is 26.2 Å². The maximum Gasteiger partial charge on any atom is 0.327 e. The summed E-state index contributed by atoms with van der Waals surface area (Å²) in [5.74, 6) is -0.767. The predicted octanol–water partition coefficient (Wildman–Crippen LogP) is 1.41. The molecule has 0 spiro atoms. The number of carbonyl (C=O) groups is 1. The van der Waals surface area contributed by atoms with Crippen molar-refractivity contribution in [2.45, 2.75) is 23.5 Å². The fourth-order valence-corrected chi connectivity index (χ4v) is 2.66. The standard InChI is InChI=1S/C11H14O4S/c1-11(2,10(12)15-3)16(13,14)9-7-5-4-6-8-9/h4-8H,1-3H3. The number of sulfone groups is 1. The summed E-state index contributed by atoms with van der Waals surface area (Å²) >= 11 is 0. The lowest BCUT2D eigenvalue weighted by atomic mass is 10.2. The maximum absolute atomic E-state index is 12.2. The lowest BCUT2D eigenvalue weighted by Crippen LogP contribution is -2.41. The summed E-state index contributed by atoms with van der Waals surface area (Å²) in [6.07, 6.45) is 0. The van der Waals surface area contributed by atoms with Crippen LogP contribution in [0.3, 0.4) is 0 Å². The minimum absolute atomic E-state index is 0.116. The second-order valence-electron chi connectivity index (χ2n) is 3.82. The number of rotatable bonds is 3. The maximum atomic E-state index is 12.2. The van der Waals surface area contributed by atoms with Crippen LogP contribution in [0.1, 0.15) is 13.8 Å². The van der Waals surface area contributed by atoms with Gasteiger partial charge < -0.3 is 4.74 Å². The number of benzene rings is 1. The molecule has 0 saturated carbocycles. The van der Waals surface area contributed by atoms with Gasteiger partial charge in [0.1, 0.15) is 0 Å². The van der Waals surface area contributed by atoms with Crippen molar-refractivity contribution in [1.82, 2.24) is 0 Å². The van der Waals surface area contributed by atoms with Gasteiger partial charge in [-0.1, -0.05) is 18.2 Å². The van der Waals surface area contributed by atoms with E-state index in [0.29, 0.717) is 0 Å². The third-order valence-electron chi connectivity index (χ3n) is 2.40. The zero-order chi connectivity index (χ0) is 12.4. The van der Waals surface area contributed by atoms with Crippen LogP contribution in [0.2, 0.25) is 0 Å². The van der Waals surface area contributed by atoms with Gasteiger partial charge >= 0.3 is 5.97 Å². The van der Waals surface area contributed by atoms with Crippen molar-refractivity contribution in [3.8, 4) is 0 Å². The molecule has 0 radical (unpaired) electrons. The zero-order valence-corrected chi connectivity index (χ0v) is 10.2. The Bertz CT molecular complexity index is 474. The Labute approximate surface area is 95.2 Å². The summed E-state index contributed by atoms with van der Waals surface area (Å²) in [5, 5.41) is 0. The first kappa shape index (κ1) is 12.7. The predicted molar refractivity (Wildman–Crippen MR) is 59.7 cm³/mol. The molecule has 0 N–H and O–H groups in total. The van der Waals surface area contributed by atoms with Crippen molar-refractivity contribution in [3.63, 3.8) is 0 Å². The van der Waals surface area contributed by atoms with Crippen molar-refractivity contribution in [2.75, 3.05) is 7.11 Å². The molecule has 1 aromatic carbocycles. The molecule has 4 nitrogen and oxygen atoms in total. The Hall–Kier alpha value is -1.36. The molecule has 1 rings (SSSR count). The van der Waals surface area contributed by atoms with Crippen LogP contribution in [0.4, 0.5) is 0 Å². The largest absolute Gasteiger partial charge is 0.468 e. The van der Waals surface area contributed by atoms with Gasteiger partial charge in [-0.15, -0.1) is 0 Å². The molecule has 1 aromatic rings. The molecular weight excluding hydrogens is 228 g/mol. The number of hydrogen-bond donors (Lipinski definition) is 0. The molecule has 0 amide bonds. The molecule has 0 saturated heterocycles. The molecule has 88 valence electrons. The normalized spacial score (nSPS) is 12.2. The van der Waals surface area contributed by atoms with E-state index in [4.69, 9.17) is 0 Å². The molecule has 0 aliphatic carbocycles. The van der Waals surface area contributed by atoms with E-state index in [0.717, 1.165) is 0 Å². The Kier molecular flexibility index (Phi) is 3.38. The van der Waals surface area contributed by atoms with Crippen LogP contribution in [0.5, 0.6) is 0 Å². The zero-order valence-electron chi connectivity index (χ0n) is 9.43. The SMILES string of the molecule is COC(=O)C(C)(C)S(=O)(=O)c1ccccc1. The summed E-state index contributed by atoms with van der Waals surface area (Å²) in [4.78, 5) is 11.6. The van der Waals surface area contributed by atoms with Gasteiger partial charge in [0.15, 0.2) is 14.6 Å². The van der Waals surface area contributed by atoms with Gasteiger partial charge in [-0.25, -0.2) is 8.42 Å². The van der Waals surface area contributed by atoms with Crippen molar-refractivity contribution >= 4 is 15.8 Å². The molecule has 0 bridgehead atoms. The molecule has 5 heteroatoms. The minimum Gasteiger partial charge on any atom is -0.468 e. The van der Waals surface area contributed by atoms with Crippen molar-refractivity contribution < 1.29 is 17.9 Å². The van der Waals surface area contributed by atoms with Gasteiger partial charge in [-0.3, -0.25) is 4.79 Å². The molecule has 16 heavy (non-hydrogen) atoms. The molecule has 0 aliphatic rings. The van der Waals surface area contributed by atoms with Crippen molar-refractivity contribution in [1.29, 1.82) is 0 Å². The Balaban J connectivity index is 3.28. The molecule has 0 heterocycles. The van der Waals surface area contributed by atoms with E-state index in [1.54, 1.807) is 18.2 Å².